The van der Waals surface area contributed by atoms with Crippen LogP contribution < -0.4 is 10.1 Å². The Bertz CT molecular complexity index is 698. The number of hydrogen-bond donors (Lipinski definition) is 1. The molecule has 2 aromatic carbocycles. The van der Waals surface area contributed by atoms with Crippen molar-refractivity contribution in [2.45, 2.75) is 0 Å². The van der Waals surface area contributed by atoms with Crippen LogP contribution in [0, 0.1) is 17.1 Å². The van der Waals surface area contributed by atoms with Gasteiger partial charge in [0.2, 0.25) is 0 Å². The van der Waals surface area contributed by atoms with Crippen molar-refractivity contribution >= 4 is 43.2 Å². The minimum atomic E-state index is -0.515. The zero-order valence-corrected chi connectivity index (χ0v) is 13.5. The summed E-state index contributed by atoms with van der Waals surface area (Å²) in [5, 5.41) is 11.8. The Kier molecular flexibility index (Phi) is 4.63. The molecule has 0 aliphatic carbocycles. The molecule has 0 bridgehead atoms. The topological polar surface area (TPSA) is 45.0 Å². The Morgan fingerprint density at radius 3 is 2.60 bits per heavy atom. The van der Waals surface area contributed by atoms with E-state index in [0.717, 1.165) is 4.47 Å². The fourth-order valence-corrected chi connectivity index (χ4v) is 2.38. The fourth-order valence-electron chi connectivity index (χ4n) is 1.60. The summed E-state index contributed by atoms with van der Waals surface area (Å²) >= 11 is 6.46. The summed E-state index contributed by atoms with van der Waals surface area (Å²) in [5.74, 6) is 0.141. The van der Waals surface area contributed by atoms with Gasteiger partial charge in [-0.2, -0.15) is 5.26 Å². The van der Waals surface area contributed by atoms with Gasteiger partial charge in [0.25, 0.3) is 0 Å². The van der Waals surface area contributed by atoms with E-state index in [1.165, 1.54) is 6.07 Å². The Morgan fingerprint density at radius 2 is 1.95 bits per heavy atom. The van der Waals surface area contributed by atoms with Gasteiger partial charge in [-0.15, -0.1) is 0 Å². The highest BCUT2D eigenvalue weighted by Crippen LogP contribution is 2.33. The fraction of sp³-hybridized carbons (Fsp3) is 0.0714. The quantitative estimate of drug-likeness (QED) is 0.791. The van der Waals surface area contributed by atoms with Gasteiger partial charge in [0.15, 0.2) is 5.82 Å². The third-order valence-electron chi connectivity index (χ3n) is 2.65. The lowest BCUT2D eigenvalue weighted by Crippen LogP contribution is -1.97. The molecule has 0 aliphatic heterocycles. The lowest BCUT2D eigenvalue weighted by Gasteiger charge is -2.12. The molecule has 0 saturated heterocycles. The highest BCUT2D eigenvalue weighted by atomic mass is 79.9. The maximum absolute atomic E-state index is 14.1. The third kappa shape index (κ3) is 2.94. The van der Waals surface area contributed by atoms with E-state index in [0.29, 0.717) is 11.4 Å². The first-order chi connectivity index (χ1) is 9.56. The standard InChI is InChI=1S/C14H9Br2FN2O/c1-20-9-3-4-10(15)12(6-9)19-11-5-2-8(7-18)13(16)14(11)17/h2-6,19H,1H3. The van der Waals surface area contributed by atoms with Gasteiger partial charge >= 0.3 is 0 Å². The van der Waals surface area contributed by atoms with E-state index in [-0.39, 0.29) is 15.7 Å². The zero-order valence-electron chi connectivity index (χ0n) is 10.4. The number of nitriles is 1. The summed E-state index contributed by atoms with van der Waals surface area (Å²) in [7, 11) is 1.56. The number of ether oxygens (including phenoxy) is 1. The third-order valence-corrected chi connectivity index (χ3v) is 4.11. The van der Waals surface area contributed by atoms with E-state index in [1.807, 2.05) is 6.07 Å². The molecule has 0 fully saturated rings. The molecule has 0 radical (unpaired) electrons. The van der Waals surface area contributed by atoms with Gasteiger partial charge in [-0.3, -0.25) is 0 Å². The number of anilines is 2. The van der Waals surface area contributed by atoms with Gasteiger partial charge in [0, 0.05) is 10.5 Å². The van der Waals surface area contributed by atoms with Crippen molar-refractivity contribution in [2.75, 3.05) is 12.4 Å². The zero-order chi connectivity index (χ0) is 14.7. The highest BCUT2D eigenvalue weighted by Gasteiger charge is 2.12. The molecule has 0 amide bonds. The van der Waals surface area contributed by atoms with Crippen LogP contribution in [0.2, 0.25) is 0 Å². The van der Waals surface area contributed by atoms with E-state index in [9.17, 15) is 4.39 Å². The van der Waals surface area contributed by atoms with Gasteiger partial charge in [0.1, 0.15) is 11.8 Å². The van der Waals surface area contributed by atoms with Crippen molar-refractivity contribution in [1.82, 2.24) is 0 Å². The summed E-state index contributed by atoms with van der Waals surface area (Å²) in [5.41, 5.74) is 1.18. The van der Waals surface area contributed by atoms with Gasteiger partial charge in [0.05, 0.1) is 28.5 Å². The first-order valence-electron chi connectivity index (χ1n) is 5.55. The Hall–Kier alpha value is -1.58. The van der Waals surface area contributed by atoms with Gasteiger partial charge in [-0.1, -0.05) is 0 Å². The molecule has 0 atom stereocenters. The first kappa shape index (κ1) is 14.8. The number of hydrogen-bond acceptors (Lipinski definition) is 3. The van der Waals surface area contributed by atoms with Crippen LogP contribution in [-0.2, 0) is 0 Å². The van der Waals surface area contributed by atoms with Crippen LogP contribution in [-0.4, -0.2) is 7.11 Å². The van der Waals surface area contributed by atoms with Gasteiger partial charge < -0.3 is 10.1 Å². The lowest BCUT2D eigenvalue weighted by atomic mass is 10.2. The molecular formula is C14H9Br2FN2O. The number of nitrogens with zero attached hydrogens (tertiary/aromatic N) is 1. The van der Waals surface area contributed by atoms with Crippen LogP contribution in [0.5, 0.6) is 5.75 Å². The second-order valence-electron chi connectivity index (χ2n) is 3.87. The first-order valence-corrected chi connectivity index (χ1v) is 7.14. The summed E-state index contributed by atoms with van der Waals surface area (Å²) in [4.78, 5) is 0. The predicted molar refractivity (Wildman–Crippen MR) is 82.8 cm³/mol. The van der Waals surface area contributed by atoms with E-state index in [2.05, 4.69) is 37.2 Å². The second kappa shape index (κ2) is 6.25. The second-order valence-corrected chi connectivity index (χ2v) is 5.52. The highest BCUT2D eigenvalue weighted by molar-refractivity contribution is 9.11. The number of nitrogens with one attached hydrogen (secondary N) is 1. The van der Waals surface area contributed by atoms with E-state index in [4.69, 9.17) is 10.00 Å². The van der Waals surface area contributed by atoms with Gasteiger partial charge in [-0.05, 0) is 56.1 Å². The number of rotatable bonds is 3. The SMILES string of the molecule is COc1ccc(Br)c(Nc2ccc(C#N)c(Br)c2F)c1. The molecule has 0 saturated carbocycles. The normalized spacial score (nSPS) is 9.95. The molecule has 102 valence electrons. The van der Waals surface area contributed by atoms with Crippen LogP contribution in [0.4, 0.5) is 15.8 Å². The molecule has 20 heavy (non-hydrogen) atoms. The molecule has 1 N–H and O–H groups in total. The molecule has 0 spiro atoms. The predicted octanol–water partition coefficient (Wildman–Crippen LogP) is 4.97. The van der Waals surface area contributed by atoms with E-state index >= 15 is 0 Å². The van der Waals surface area contributed by atoms with Gasteiger partial charge in [-0.25, -0.2) is 4.39 Å². The molecule has 3 nitrogen and oxygen atoms in total. The van der Waals surface area contributed by atoms with Crippen LogP contribution >= 0.6 is 31.9 Å². The summed E-state index contributed by atoms with van der Waals surface area (Å²) < 4.78 is 20.2. The summed E-state index contributed by atoms with van der Waals surface area (Å²) in [6.45, 7) is 0. The van der Waals surface area contributed by atoms with Crippen molar-refractivity contribution in [3.63, 3.8) is 0 Å². The number of methoxy groups -OCH3 is 1. The largest absolute Gasteiger partial charge is 0.497 e. The molecule has 0 aliphatic rings. The van der Waals surface area contributed by atoms with Crippen LogP contribution in [0.15, 0.2) is 39.3 Å². The lowest BCUT2D eigenvalue weighted by molar-refractivity contribution is 0.415. The number of halogens is 3. The molecule has 0 aromatic heterocycles. The molecule has 6 heteroatoms. The van der Waals surface area contributed by atoms with Crippen molar-refractivity contribution in [2.24, 2.45) is 0 Å². The van der Waals surface area contributed by atoms with Crippen LogP contribution in [0.25, 0.3) is 0 Å². The van der Waals surface area contributed by atoms with Crippen LogP contribution in [0.3, 0.4) is 0 Å². The molecule has 0 unspecified atom stereocenters. The number of benzene rings is 2. The van der Waals surface area contributed by atoms with Crippen molar-refractivity contribution in [3.8, 4) is 11.8 Å². The Labute approximate surface area is 132 Å². The average Bonchev–Trinajstić information content (AvgIpc) is 2.46. The average molecular weight is 400 g/mol. The minimum absolute atomic E-state index is 0.143. The maximum atomic E-state index is 14.1. The summed E-state index contributed by atoms with van der Waals surface area (Å²) in [6.07, 6.45) is 0. The smallest absolute Gasteiger partial charge is 0.162 e. The summed E-state index contributed by atoms with van der Waals surface area (Å²) in [6, 6.07) is 10.3. The van der Waals surface area contributed by atoms with E-state index in [1.54, 1.807) is 31.4 Å². The molecular weight excluding hydrogens is 391 g/mol. The van der Waals surface area contributed by atoms with Crippen LogP contribution in [0.1, 0.15) is 5.56 Å². The van der Waals surface area contributed by atoms with Crippen molar-refractivity contribution < 1.29 is 9.13 Å². The minimum Gasteiger partial charge on any atom is -0.497 e. The monoisotopic (exact) mass is 398 g/mol. The van der Waals surface area contributed by atoms with E-state index < -0.39 is 5.82 Å². The molecule has 2 aromatic rings. The molecule has 2 rings (SSSR count). The Morgan fingerprint density at radius 1 is 1.20 bits per heavy atom. The van der Waals surface area contributed by atoms with Crippen molar-refractivity contribution in [3.05, 3.63) is 50.7 Å². The Balaban J connectivity index is 2.41. The van der Waals surface area contributed by atoms with Crippen molar-refractivity contribution in [1.29, 1.82) is 5.26 Å². The maximum Gasteiger partial charge on any atom is 0.162 e. The molecule has 0 heterocycles.